The molecule has 0 aromatic heterocycles. The molecule has 0 saturated carbocycles. The van der Waals surface area contributed by atoms with E-state index < -0.39 is 0 Å². The van der Waals surface area contributed by atoms with Crippen molar-refractivity contribution in [1.29, 1.82) is 0 Å². The van der Waals surface area contributed by atoms with Gasteiger partial charge in [-0.15, -0.1) is 0 Å². The SMILES string of the molecule is CN(C)CC1CCCN1C(=O)c1ccc(N)cc1. The molecule has 98 valence electrons. The number of hydrogen-bond acceptors (Lipinski definition) is 3. The van der Waals surface area contributed by atoms with Gasteiger partial charge in [0.2, 0.25) is 0 Å². The lowest BCUT2D eigenvalue weighted by Gasteiger charge is -2.27. The Bertz CT molecular complexity index is 414. The van der Waals surface area contributed by atoms with E-state index in [9.17, 15) is 4.79 Å². The van der Waals surface area contributed by atoms with E-state index in [2.05, 4.69) is 4.90 Å². The second-order valence-corrected chi connectivity index (χ2v) is 5.18. The number of likely N-dealkylation sites (N-methyl/N-ethyl adjacent to an activating group) is 1. The highest BCUT2D eigenvalue weighted by molar-refractivity contribution is 5.94. The average molecular weight is 247 g/mol. The number of carbonyl (C=O) groups is 1. The normalized spacial score (nSPS) is 19.5. The van der Waals surface area contributed by atoms with Crippen molar-refractivity contribution in [1.82, 2.24) is 9.80 Å². The average Bonchev–Trinajstić information content (AvgIpc) is 2.76. The van der Waals surface area contributed by atoms with Crippen molar-refractivity contribution in [3.8, 4) is 0 Å². The molecule has 1 aliphatic rings. The predicted octanol–water partition coefficient (Wildman–Crippen LogP) is 1.43. The van der Waals surface area contributed by atoms with Gasteiger partial charge < -0.3 is 15.5 Å². The molecule has 0 radical (unpaired) electrons. The fraction of sp³-hybridized carbons (Fsp3) is 0.500. The van der Waals surface area contributed by atoms with Gasteiger partial charge in [0.15, 0.2) is 0 Å². The van der Waals surface area contributed by atoms with Crippen LogP contribution in [-0.2, 0) is 0 Å². The molecule has 0 spiro atoms. The van der Waals surface area contributed by atoms with Gasteiger partial charge in [-0.25, -0.2) is 0 Å². The molecule has 2 rings (SSSR count). The van der Waals surface area contributed by atoms with Crippen LogP contribution in [0.5, 0.6) is 0 Å². The largest absolute Gasteiger partial charge is 0.399 e. The van der Waals surface area contributed by atoms with Gasteiger partial charge in [-0.3, -0.25) is 4.79 Å². The van der Waals surface area contributed by atoms with Gasteiger partial charge in [0.25, 0.3) is 5.91 Å². The summed E-state index contributed by atoms with van der Waals surface area (Å²) in [5, 5.41) is 0. The standard InChI is InChI=1S/C14H21N3O/c1-16(2)10-13-4-3-9-17(13)14(18)11-5-7-12(15)8-6-11/h5-8,13H,3-4,9-10,15H2,1-2H3. The van der Waals surface area contributed by atoms with Crippen LogP contribution in [0.25, 0.3) is 0 Å². The zero-order valence-corrected chi connectivity index (χ0v) is 11.1. The molecule has 1 aromatic rings. The van der Waals surface area contributed by atoms with Crippen LogP contribution < -0.4 is 5.73 Å². The highest BCUT2D eigenvalue weighted by Gasteiger charge is 2.29. The second kappa shape index (κ2) is 5.40. The number of likely N-dealkylation sites (tertiary alicyclic amines) is 1. The summed E-state index contributed by atoms with van der Waals surface area (Å²) in [6, 6.07) is 7.52. The Kier molecular flexibility index (Phi) is 3.87. The quantitative estimate of drug-likeness (QED) is 0.822. The number of amides is 1. The van der Waals surface area contributed by atoms with E-state index in [-0.39, 0.29) is 5.91 Å². The molecule has 18 heavy (non-hydrogen) atoms. The molecule has 0 bridgehead atoms. The minimum absolute atomic E-state index is 0.124. The lowest BCUT2D eigenvalue weighted by molar-refractivity contribution is 0.0716. The van der Waals surface area contributed by atoms with Crippen LogP contribution in [-0.4, -0.2) is 48.9 Å². The van der Waals surface area contributed by atoms with E-state index in [4.69, 9.17) is 5.73 Å². The van der Waals surface area contributed by atoms with Gasteiger partial charge in [0.05, 0.1) is 0 Å². The van der Waals surface area contributed by atoms with Gasteiger partial charge in [0, 0.05) is 30.4 Å². The number of rotatable bonds is 3. The molecule has 1 aliphatic heterocycles. The summed E-state index contributed by atoms with van der Waals surface area (Å²) < 4.78 is 0. The number of benzene rings is 1. The van der Waals surface area contributed by atoms with E-state index in [1.165, 1.54) is 0 Å². The van der Waals surface area contributed by atoms with Crippen molar-refractivity contribution >= 4 is 11.6 Å². The summed E-state index contributed by atoms with van der Waals surface area (Å²) in [7, 11) is 4.09. The molecular formula is C14H21N3O. The highest BCUT2D eigenvalue weighted by Crippen LogP contribution is 2.21. The van der Waals surface area contributed by atoms with Crippen molar-refractivity contribution in [3.05, 3.63) is 29.8 Å². The molecular weight excluding hydrogens is 226 g/mol. The summed E-state index contributed by atoms with van der Waals surface area (Å²) >= 11 is 0. The lowest BCUT2D eigenvalue weighted by Crippen LogP contribution is -2.41. The summed E-state index contributed by atoms with van der Waals surface area (Å²) in [5.74, 6) is 0.124. The summed E-state index contributed by atoms with van der Waals surface area (Å²) in [6.07, 6.45) is 2.19. The number of hydrogen-bond donors (Lipinski definition) is 1. The molecule has 1 aromatic carbocycles. The summed E-state index contributed by atoms with van der Waals surface area (Å²) in [4.78, 5) is 16.5. The Morgan fingerprint density at radius 3 is 2.67 bits per heavy atom. The maximum atomic E-state index is 12.4. The number of carbonyl (C=O) groups excluding carboxylic acids is 1. The van der Waals surface area contributed by atoms with Gasteiger partial charge in [-0.05, 0) is 51.2 Å². The number of anilines is 1. The maximum Gasteiger partial charge on any atom is 0.254 e. The zero-order chi connectivity index (χ0) is 13.1. The molecule has 1 unspecified atom stereocenters. The molecule has 2 N–H and O–H groups in total. The Morgan fingerprint density at radius 2 is 2.06 bits per heavy atom. The van der Waals surface area contributed by atoms with Crippen LogP contribution in [0.4, 0.5) is 5.69 Å². The first-order valence-corrected chi connectivity index (χ1v) is 6.39. The fourth-order valence-corrected chi connectivity index (χ4v) is 2.51. The van der Waals surface area contributed by atoms with Crippen LogP contribution >= 0.6 is 0 Å². The third kappa shape index (κ3) is 2.82. The van der Waals surface area contributed by atoms with E-state index in [0.29, 0.717) is 11.7 Å². The van der Waals surface area contributed by atoms with Crippen LogP contribution in [0.2, 0.25) is 0 Å². The van der Waals surface area contributed by atoms with Gasteiger partial charge >= 0.3 is 0 Å². The molecule has 1 heterocycles. The minimum Gasteiger partial charge on any atom is -0.399 e. The van der Waals surface area contributed by atoms with Crippen LogP contribution in [0.15, 0.2) is 24.3 Å². The Hall–Kier alpha value is -1.55. The van der Waals surface area contributed by atoms with Crippen molar-refractivity contribution in [2.45, 2.75) is 18.9 Å². The number of nitrogen functional groups attached to an aromatic ring is 1. The third-order valence-electron chi connectivity index (χ3n) is 3.37. The van der Waals surface area contributed by atoms with Crippen molar-refractivity contribution in [3.63, 3.8) is 0 Å². The van der Waals surface area contributed by atoms with E-state index >= 15 is 0 Å². The summed E-state index contributed by atoms with van der Waals surface area (Å²) in [5.41, 5.74) is 7.07. The summed E-state index contributed by atoms with van der Waals surface area (Å²) in [6.45, 7) is 1.79. The Morgan fingerprint density at radius 1 is 1.39 bits per heavy atom. The third-order valence-corrected chi connectivity index (χ3v) is 3.37. The van der Waals surface area contributed by atoms with Crippen molar-refractivity contribution in [2.24, 2.45) is 0 Å². The topological polar surface area (TPSA) is 49.6 Å². The molecule has 4 nitrogen and oxygen atoms in total. The number of nitrogens with two attached hydrogens (primary N) is 1. The molecule has 1 fully saturated rings. The van der Waals surface area contributed by atoms with Crippen molar-refractivity contribution in [2.75, 3.05) is 32.9 Å². The molecule has 1 saturated heterocycles. The first-order valence-electron chi connectivity index (χ1n) is 6.39. The van der Waals surface area contributed by atoms with Crippen LogP contribution in [0, 0.1) is 0 Å². The lowest BCUT2D eigenvalue weighted by atomic mass is 10.1. The zero-order valence-electron chi connectivity index (χ0n) is 11.1. The van der Waals surface area contributed by atoms with Gasteiger partial charge in [0.1, 0.15) is 0 Å². The first kappa shape index (κ1) is 12.9. The smallest absolute Gasteiger partial charge is 0.254 e. The van der Waals surface area contributed by atoms with Crippen LogP contribution in [0.1, 0.15) is 23.2 Å². The van der Waals surface area contributed by atoms with Gasteiger partial charge in [-0.1, -0.05) is 0 Å². The molecule has 1 amide bonds. The fourth-order valence-electron chi connectivity index (χ4n) is 2.51. The van der Waals surface area contributed by atoms with Gasteiger partial charge in [-0.2, -0.15) is 0 Å². The monoisotopic (exact) mass is 247 g/mol. The van der Waals surface area contributed by atoms with Crippen molar-refractivity contribution < 1.29 is 4.79 Å². The minimum atomic E-state index is 0.124. The Balaban J connectivity index is 2.10. The number of nitrogens with zero attached hydrogens (tertiary/aromatic N) is 2. The molecule has 1 atom stereocenters. The molecule has 4 heteroatoms. The second-order valence-electron chi connectivity index (χ2n) is 5.18. The maximum absolute atomic E-state index is 12.4. The Labute approximate surface area is 108 Å². The van der Waals surface area contributed by atoms with Crippen LogP contribution in [0.3, 0.4) is 0 Å². The predicted molar refractivity (Wildman–Crippen MR) is 73.5 cm³/mol. The first-order chi connectivity index (χ1) is 8.58. The highest BCUT2D eigenvalue weighted by atomic mass is 16.2. The van der Waals surface area contributed by atoms with E-state index in [1.807, 2.05) is 31.1 Å². The van der Waals surface area contributed by atoms with E-state index in [0.717, 1.165) is 31.5 Å². The molecule has 0 aliphatic carbocycles. The van der Waals surface area contributed by atoms with E-state index in [1.54, 1.807) is 12.1 Å².